The van der Waals surface area contributed by atoms with Crippen LogP contribution in [0.4, 0.5) is 5.95 Å². The van der Waals surface area contributed by atoms with E-state index in [9.17, 15) is 9.59 Å². The summed E-state index contributed by atoms with van der Waals surface area (Å²) < 4.78 is 5.57. The van der Waals surface area contributed by atoms with E-state index in [0.29, 0.717) is 34.9 Å². The quantitative estimate of drug-likeness (QED) is 0.707. The van der Waals surface area contributed by atoms with Crippen molar-refractivity contribution in [3.63, 3.8) is 0 Å². The molecule has 8 heteroatoms. The molecule has 0 spiro atoms. The van der Waals surface area contributed by atoms with Gasteiger partial charge in [0.25, 0.3) is 5.22 Å². The number of thioether (sulfide) groups is 1. The van der Waals surface area contributed by atoms with Crippen LogP contribution in [0.2, 0.25) is 0 Å². The van der Waals surface area contributed by atoms with Crippen LogP contribution >= 0.6 is 11.8 Å². The predicted octanol–water partition coefficient (Wildman–Crippen LogP) is 3.11. The van der Waals surface area contributed by atoms with Crippen molar-refractivity contribution in [2.24, 2.45) is 5.92 Å². The smallest absolute Gasteiger partial charge is 0.257 e. The Morgan fingerprint density at radius 3 is 3.00 bits per heavy atom. The van der Waals surface area contributed by atoms with Crippen LogP contribution in [-0.2, 0) is 11.2 Å². The van der Waals surface area contributed by atoms with Crippen LogP contribution in [0.1, 0.15) is 29.4 Å². The van der Waals surface area contributed by atoms with Gasteiger partial charge in [-0.05, 0) is 24.5 Å². The minimum absolute atomic E-state index is 0.0585. The van der Waals surface area contributed by atoms with Crippen molar-refractivity contribution in [3.8, 4) is 0 Å². The topological polar surface area (TPSA) is 98.0 Å². The van der Waals surface area contributed by atoms with E-state index >= 15 is 0 Å². The lowest BCUT2D eigenvalue weighted by molar-refractivity contribution is -0.113. The second-order valence-electron chi connectivity index (χ2n) is 6.27. The summed E-state index contributed by atoms with van der Waals surface area (Å²) in [5.41, 5.74) is 2.70. The molecule has 0 fully saturated rings. The molecule has 1 aliphatic carbocycles. The zero-order valence-electron chi connectivity index (χ0n) is 14.1. The maximum atomic E-state index is 12.1. The molecule has 1 aliphatic rings. The Bertz CT molecular complexity index is 968. The van der Waals surface area contributed by atoms with Gasteiger partial charge in [0.2, 0.25) is 11.9 Å². The third-order valence-electron chi connectivity index (χ3n) is 4.10. The van der Waals surface area contributed by atoms with E-state index in [0.717, 1.165) is 5.52 Å². The van der Waals surface area contributed by atoms with Crippen molar-refractivity contribution in [1.82, 2.24) is 15.0 Å². The fourth-order valence-corrected chi connectivity index (χ4v) is 3.53. The third kappa shape index (κ3) is 3.45. The summed E-state index contributed by atoms with van der Waals surface area (Å²) in [5.74, 6) is 0.398. The fourth-order valence-electron chi connectivity index (χ4n) is 2.90. The Labute approximate surface area is 153 Å². The minimum atomic E-state index is -0.257. The second kappa shape index (κ2) is 6.87. The number of hydrogen-bond acceptors (Lipinski definition) is 7. The van der Waals surface area contributed by atoms with Crippen LogP contribution < -0.4 is 5.32 Å². The van der Waals surface area contributed by atoms with Gasteiger partial charge in [0.15, 0.2) is 11.4 Å². The number of oxazole rings is 1. The van der Waals surface area contributed by atoms with Crippen LogP contribution in [0, 0.1) is 5.92 Å². The molecule has 1 atom stereocenters. The van der Waals surface area contributed by atoms with Crippen LogP contribution in [0.15, 0.2) is 40.1 Å². The zero-order chi connectivity index (χ0) is 18.1. The number of fused-ring (bicyclic) bond motifs is 2. The maximum absolute atomic E-state index is 12.1. The molecule has 1 aromatic carbocycles. The third-order valence-corrected chi connectivity index (χ3v) is 4.92. The normalized spacial score (nSPS) is 16.5. The lowest BCUT2D eigenvalue weighted by Gasteiger charge is -2.19. The number of aromatic nitrogens is 3. The first-order chi connectivity index (χ1) is 12.6. The zero-order valence-corrected chi connectivity index (χ0v) is 14.9. The molecule has 0 radical (unpaired) electrons. The van der Waals surface area contributed by atoms with Crippen LogP contribution in [0.25, 0.3) is 11.1 Å². The van der Waals surface area contributed by atoms with Crippen LogP contribution in [-0.4, -0.2) is 32.4 Å². The standard InChI is InChI=1S/C18H16N4O3S/c1-10-6-13-11(14(23)7-10)8-19-17(20-13)22-16(24)9-26-18-21-12-4-2-3-5-15(12)25-18/h2-5,8,10H,6-7,9H2,1H3,(H,19,20,22,24)/t10-/m1/s1. The van der Waals surface area contributed by atoms with Crippen molar-refractivity contribution in [3.05, 3.63) is 41.7 Å². The van der Waals surface area contributed by atoms with Crippen molar-refractivity contribution in [2.45, 2.75) is 25.0 Å². The van der Waals surface area contributed by atoms with E-state index < -0.39 is 0 Å². The Morgan fingerprint density at radius 1 is 1.31 bits per heavy atom. The molecule has 4 rings (SSSR count). The van der Waals surface area contributed by atoms with E-state index in [2.05, 4.69) is 20.3 Å². The summed E-state index contributed by atoms with van der Waals surface area (Å²) in [7, 11) is 0. The number of anilines is 1. The fraction of sp³-hybridized carbons (Fsp3) is 0.278. The van der Waals surface area contributed by atoms with E-state index in [4.69, 9.17) is 4.42 Å². The van der Waals surface area contributed by atoms with Crippen molar-refractivity contribution >= 4 is 40.5 Å². The van der Waals surface area contributed by atoms with Gasteiger partial charge in [-0.25, -0.2) is 15.0 Å². The molecule has 0 aliphatic heterocycles. The number of rotatable bonds is 4. The molecule has 1 N–H and O–H groups in total. The molecule has 132 valence electrons. The number of Topliss-reactive ketones (excluding diaryl/α,β-unsaturated/α-hetero) is 1. The maximum Gasteiger partial charge on any atom is 0.257 e. The summed E-state index contributed by atoms with van der Waals surface area (Å²) in [4.78, 5) is 36.9. The van der Waals surface area contributed by atoms with Gasteiger partial charge in [0.05, 0.1) is 17.0 Å². The van der Waals surface area contributed by atoms with Crippen molar-refractivity contribution in [1.29, 1.82) is 0 Å². The number of carbonyl (C=O) groups is 2. The van der Waals surface area contributed by atoms with Crippen molar-refractivity contribution in [2.75, 3.05) is 11.1 Å². The molecule has 0 bridgehead atoms. The van der Waals surface area contributed by atoms with Gasteiger partial charge in [0.1, 0.15) is 5.52 Å². The first-order valence-corrected chi connectivity index (χ1v) is 9.24. The number of ketones is 1. The number of hydrogen-bond donors (Lipinski definition) is 1. The van der Waals surface area contributed by atoms with Gasteiger partial charge >= 0.3 is 0 Å². The molecule has 3 aromatic rings. The summed E-state index contributed by atoms with van der Waals surface area (Å²) in [6.45, 7) is 2.01. The molecule has 0 saturated heterocycles. The highest BCUT2D eigenvalue weighted by Gasteiger charge is 2.24. The van der Waals surface area contributed by atoms with Gasteiger partial charge in [0, 0.05) is 12.6 Å². The molecule has 0 unspecified atom stereocenters. The molecule has 26 heavy (non-hydrogen) atoms. The molecule has 7 nitrogen and oxygen atoms in total. The molecular weight excluding hydrogens is 352 g/mol. The average Bonchev–Trinajstić information content (AvgIpc) is 3.02. The number of para-hydroxylation sites is 2. The highest BCUT2D eigenvalue weighted by molar-refractivity contribution is 7.99. The number of carbonyl (C=O) groups excluding carboxylic acids is 2. The highest BCUT2D eigenvalue weighted by Crippen LogP contribution is 2.25. The summed E-state index contributed by atoms with van der Waals surface area (Å²) in [6.07, 6.45) is 2.73. The lowest BCUT2D eigenvalue weighted by Crippen LogP contribution is -2.22. The summed E-state index contributed by atoms with van der Waals surface area (Å²) in [6, 6.07) is 7.43. The number of amides is 1. The average molecular weight is 368 g/mol. The lowest BCUT2D eigenvalue weighted by atomic mass is 9.88. The first kappa shape index (κ1) is 16.7. The largest absolute Gasteiger partial charge is 0.431 e. The number of nitrogens with one attached hydrogen (secondary N) is 1. The molecule has 2 aromatic heterocycles. The van der Waals surface area contributed by atoms with E-state index in [-0.39, 0.29) is 29.3 Å². The second-order valence-corrected chi connectivity index (χ2v) is 7.20. The first-order valence-electron chi connectivity index (χ1n) is 8.26. The molecule has 0 saturated carbocycles. The number of benzene rings is 1. The Kier molecular flexibility index (Phi) is 4.42. The SMILES string of the molecule is C[C@H]1CC(=O)c2cnc(NC(=O)CSc3nc4ccccc4o3)nc2C1. The highest BCUT2D eigenvalue weighted by atomic mass is 32.2. The molecule has 1 amide bonds. The number of nitrogens with zero attached hydrogens (tertiary/aromatic N) is 3. The summed E-state index contributed by atoms with van der Waals surface area (Å²) >= 11 is 1.20. The van der Waals surface area contributed by atoms with E-state index in [1.54, 1.807) is 0 Å². The predicted molar refractivity (Wildman–Crippen MR) is 97.2 cm³/mol. The molecular formula is C18H16N4O3S. The van der Waals surface area contributed by atoms with Crippen LogP contribution in [0.5, 0.6) is 0 Å². The summed E-state index contributed by atoms with van der Waals surface area (Å²) in [5, 5.41) is 3.10. The van der Waals surface area contributed by atoms with Crippen molar-refractivity contribution < 1.29 is 14.0 Å². The van der Waals surface area contributed by atoms with E-state index in [1.165, 1.54) is 18.0 Å². The van der Waals surface area contributed by atoms with Gasteiger partial charge < -0.3 is 4.42 Å². The Morgan fingerprint density at radius 2 is 2.15 bits per heavy atom. The molecule has 2 heterocycles. The van der Waals surface area contributed by atoms with Gasteiger partial charge in [-0.3, -0.25) is 14.9 Å². The van der Waals surface area contributed by atoms with Crippen LogP contribution in [0.3, 0.4) is 0 Å². The Balaban J connectivity index is 1.40. The van der Waals surface area contributed by atoms with Gasteiger partial charge in [-0.1, -0.05) is 30.8 Å². The Hall–Kier alpha value is -2.74. The van der Waals surface area contributed by atoms with Gasteiger partial charge in [-0.2, -0.15) is 0 Å². The van der Waals surface area contributed by atoms with Gasteiger partial charge in [-0.15, -0.1) is 0 Å². The minimum Gasteiger partial charge on any atom is -0.431 e. The monoisotopic (exact) mass is 368 g/mol. The van der Waals surface area contributed by atoms with E-state index in [1.807, 2.05) is 31.2 Å².